The van der Waals surface area contributed by atoms with Gasteiger partial charge in [0, 0.05) is 32.4 Å². The molecule has 9 heteroatoms. The number of nitrogens with zero attached hydrogens (tertiary/aromatic N) is 4. The molecular weight excluding hydrogens is 380 g/mol. The first kappa shape index (κ1) is 19.8. The van der Waals surface area contributed by atoms with Gasteiger partial charge in [0.05, 0.1) is 23.1 Å². The van der Waals surface area contributed by atoms with Gasteiger partial charge in [-0.3, -0.25) is 10.1 Å². The Morgan fingerprint density at radius 3 is 2.93 bits per heavy atom. The molecule has 0 radical (unpaired) electrons. The SMILES string of the molecule is CCN1/C(=C(\C#N)c2nc(NC(=O)C3CNCCN3)ncc2C)Nc2ccccc21. The second-order valence-corrected chi connectivity index (χ2v) is 7.15. The van der Waals surface area contributed by atoms with Crippen molar-refractivity contribution in [2.75, 3.05) is 41.7 Å². The Balaban J connectivity index is 1.67. The van der Waals surface area contributed by atoms with E-state index in [0.29, 0.717) is 30.2 Å². The molecule has 0 spiro atoms. The number of benzene rings is 1. The van der Waals surface area contributed by atoms with Gasteiger partial charge >= 0.3 is 0 Å². The number of aromatic nitrogens is 2. The lowest BCUT2D eigenvalue weighted by atomic mass is 10.1. The minimum Gasteiger partial charge on any atom is -0.339 e. The Hall–Kier alpha value is -3.48. The lowest BCUT2D eigenvalue weighted by Gasteiger charge is -2.23. The second kappa shape index (κ2) is 8.49. The smallest absolute Gasteiger partial charge is 0.245 e. The molecule has 1 saturated heterocycles. The first-order valence-electron chi connectivity index (χ1n) is 9.99. The number of carbonyl (C=O) groups excluding carboxylic acids is 1. The molecule has 0 bridgehead atoms. The predicted molar refractivity (Wildman–Crippen MR) is 116 cm³/mol. The average Bonchev–Trinajstić information content (AvgIpc) is 3.15. The largest absolute Gasteiger partial charge is 0.339 e. The summed E-state index contributed by atoms with van der Waals surface area (Å²) in [7, 11) is 0. The quantitative estimate of drug-likeness (QED) is 0.565. The van der Waals surface area contributed by atoms with E-state index in [9.17, 15) is 10.1 Å². The van der Waals surface area contributed by atoms with E-state index in [-0.39, 0.29) is 17.9 Å². The van der Waals surface area contributed by atoms with Crippen LogP contribution in [-0.2, 0) is 4.79 Å². The highest BCUT2D eigenvalue weighted by Gasteiger charge is 2.28. The number of nitrogens with one attached hydrogen (secondary N) is 4. The van der Waals surface area contributed by atoms with Gasteiger partial charge in [-0.15, -0.1) is 0 Å². The highest BCUT2D eigenvalue weighted by atomic mass is 16.2. The fourth-order valence-electron chi connectivity index (χ4n) is 3.67. The summed E-state index contributed by atoms with van der Waals surface area (Å²) in [6.45, 7) is 6.68. The maximum absolute atomic E-state index is 12.5. The number of allylic oxidation sites excluding steroid dienone is 1. The van der Waals surface area contributed by atoms with Gasteiger partial charge in [0.25, 0.3) is 0 Å². The van der Waals surface area contributed by atoms with Gasteiger partial charge in [-0.2, -0.15) is 5.26 Å². The molecule has 4 N–H and O–H groups in total. The fraction of sp³-hybridized carbons (Fsp3) is 0.333. The van der Waals surface area contributed by atoms with Crippen LogP contribution in [0.1, 0.15) is 18.2 Å². The molecule has 30 heavy (non-hydrogen) atoms. The molecule has 1 atom stereocenters. The van der Waals surface area contributed by atoms with Crippen LogP contribution in [0.25, 0.3) is 5.57 Å². The van der Waals surface area contributed by atoms with E-state index in [1.165, 1.54) is 0 Å². The summed E-state index contributed by atoms with van der Waals surface area (Å²) in [5.74, 6) is 0.656. The Bertz CT molecular complexity index is 1040. The zero-order chi connectivity index (χ0) is 21.1. The summed E-state index contributed by atoms with van der Waals surface area (Å²) < 4.78 is 0. The van der Waals surface area contributed by atoms with Crippen LogP contribution in [0.5, 0.6) is 0 Å². The minimum atomic E-state index is -0.345. The number of anilines is 3. The number of para-hydroxylation sites is 2. The number of piperazine rings is 1. The molecule has 1 aromatic heterocycles. The lowest BCUT2D eigenvalue weighted by molar-refractivity contribution is -0.118. The van der Waals surface area contributed by atoms with E-state index < -0.39 is 0 Å². The van der Waals surface area contributed by atoms with Crippen molar-refractivity contribution in [3.63, 3.8) is 0 Å². The molecule has 2 aliphatic heterocycles. The molecule has 1 aromatic carbocycles. The van der Waals surface area contributed by atoms with E-state index in [0.717, 1.165) is 30.0 Å². The number of fused-ring (bicyclic) bond motifs is 1. The van der Waals surface area contributed by atoms with E-state index >= 15 is 0 Å². The monoisotopic (exact) mass is 404 g/mol. The van der Waals surface area contributed by atoms with Gasteiger partial charge in [0.15, 0.2) is 0 Å². The van der Waals surface area contributed by atoms with Crippen molar-refractivity contribution in [2.45, 2.75) is 19.9 Å². The molecule has 1 fully saturated rings. The Morgan fingerprint density at radius 1 is 1.37 bits per heavy atom. The van der Waals surface area contributed by atoms with E-state index in [2.05, 4.69) is 37.3 Å². The van der Waals surface area contributed by atoms with Crippen molar-refractivity contribution in [2.24, 2.45) is 0 Å². The molecule has 4 rings (SSSR count). The van der Waals surface area contributed by atoms with Crippen molar-refractivity contribution >= 4 is 28.8 Å². The highest BCUT2D eigenvalue weighted by molar-refractivity contribution is 5.94. The summed E-state index contributed by atoms with van der Waals surface area (Å²) in [5, 5.41) is 22.4. The van der Waals surface area contributed by atoms with Gasteiger partial charge in [-0.1, -0.05) is 12.1 Å². The fourth-order valence-corrected chi connectivity index (χ4v) is 3.67. The Morgan fingerprint density at radius 2 is 2.20 bits per heavy atom. The maximum Gasteiger partial charge on any atom is 0.245 e. The summed E-state index contributed by atoms with van der Waals surface area (Å²) in [6, 6.07) is 9.86. The van der Waals surface area contributed by atoms with Crippen molar-refractivity contribution in [1.82, 2.24) is 20.6 Å². The van der Waals surface area contributed by atoms with E-state index in [1.807, 2.05) is 43.0 Å². The number of nitriles is 1. The highest BCUT2D eigenvalue weighted by Crippen LogP contribution is 2.38. The molecule has 0 saturated carbocycles. The zero-order valence-electron chi connectivity index (χ0n) is 17.0. The summed E-state index contributed by atoms with van der Waals surface area (Å²) in [6.07, 6.45) is 1.63. The third-order valence-corrected chi connectivity index (χ3v) is 5.18. The summed E-state index contributed by atoms with van der Waals surface area (Å²) in [5.41, 5.74) is 3.60. The van der Waals surface area contributed by atoms with Crippen LogP contribution in [0, 0.1) is 18.3 Å². The number of carbonyl (C=O) groups is 1. The molecule has 2 aliphatic rings. The van der Waals surface area contributed by atoms with Crippen molar-refractivity contribution in [3.8, 4) is 6.07 Å². The van der Waals surface area contributed by atoms with Gasteiger partial charge in [-0.25, -0.2) is 9.97 Å². The molecular formula is C21H24N8O. The summed E-state index contributed by atoms with van der Waals surface area (Å²) in [4.78, 5) is 23.3. The molecule has 2 aromatic rings. The zero-order valence-corrected chi connectivity index (χ0v) is 17.0. The standard InChI is InChI=1S/C21H24N8O/c1-3-29-17-7-5-4-6-15(17)26-19(29)14(10-22)18-13(2)11-25-21(27-18)28-20(30)16-12-23-8-9-24-16/h4-7,11,16,23-24,26H,3,8-9,12H2,1-2H3,(H,25,27,28,30)/b19-14+. The number of amides is 1. The number of hydrogen-bond donors (Lipinski definition) is 4. The Labute approximate surface area is 175 Å². The lowest BCUT2D eigenvalue weighted by Crippen LogP contribution is -2.54. The maximum atomic E-state index is 12.5. The van der Waals surface area contributed by atoms with Crippen molar-refractivity contribution < 1.29 is 4.79 Å². The Kier molecular flexibility index (Phi) is 5.61. The normalized spacial score (nSPS) is 19.5. The van der Waals surface area contributed by atoms with Crippen LogP contribution in [0.2, 0.25) is 0 Å². The molecule has 1 unspecified atom stereocenters. The van der Waals surface area contributed by atoms with E-state index in [4.69, 9.17) is 0 Å². The molecule has 3 heterocycles. The van der Waals surface area contributed by atoms with Crippen LogP contribution < -0.4 is 26.2 Å². The minimum absolute atomic E-state index is 0.180. The van der Waals surface area contributed by atoms with Crippen molar-refractivity contribution in [1.29, 1.82) is 5.26 Å². The van der Waals surface area contributed by atoms with Gasteiger partial charge in [0.2, 0.25) is 11.9 Å². The van der Waals surface area contributed by atoms with Crippen LogP contribution in [0.3, 0.4) is 0 Å². The van der Waals surface area contributed by atoms with Gasteiger partial charge in [0.1, 0.15) is 17.5 Å². The topological polar surface area (TPSA) is 118 Å². The first-order valence-corrected chi connectivity index (χ1v) is 9.99. The molecule has 0 aliphatic carbocycles. The number of hydrogen-bond acceptors (Lipinski definition) is 8. The van der Waals surface area contributed by atoms with Crippen LogP contribution in [-0.4, -0.2) is 48.1 Å². The van der Waals surface area contributed by atoms with Crippen LogP contribution in [0.4, 0.5) is 17.3 Å². The van der Waals surface area contributed by atoms with E-state index in [1.54, 1.807) is 6.20 Å². The number of aryl methyl sites for hydroxylation is 1. The van der Waals surface area contributed by atoms with Gasteiger partial charge < -0.3 is 20.9 Å². The van der Waals surface area contributed by atoms with Crippen molar-refractivity contribution in [3.05, 3.63) is 47.5 Å². The summed E-state index contributed by atoms with van der Waals surface area (Å²) >= 11 is 0. The third kappa shape index (κ3) is 3.70. The molecule has 9 nitrogen and oxygen atoms in total. The third-order valence-electron chi connectivity index (χ3n) is 5.18. The number of rotatable bonds is 4. The molecule has 1 amide bonds. The predicted octanol–water partition coefficient (Wildman–Crippen LogP) is 1.43. The first-order chi connectivity index (χ1) is 14.6. The van der Waals surface area contributed by atoms with Crippen LogP contribution in [0.15, 0.2) is 36.3 Å². The second-order valence-electron chi connectivity index (χ2n) is 7.15. The van der Waals surface area contributed by atoms with Gasteiger partial charge in [-0.05, 0) is 31.5 Å². The van der Waals surface area contributed by atoms with Crippen LogP contribution >= 0.6 is 0 Å². The molecule has 154 valence electrons. The average molecular weight is 404 g/mol.